The van der Waals surface area contributed by atoms with Crippen LogP contribution in [0.5, 0.6) is 11.5 Å². The first kappa shape index (κ1) is 26.4. The van der Waals surface area contributed by atoms with Crippen LogP contribution < -0.4 is 14.8 Å². The zero-order chi connectivity index (χ0) is 27.5. The Hall–Kier alpha value is -3.87. The molecule has 6 rings (SSSR count). The molecule has 1 N–H and O–H groups in total. The predicted molar refractivity (Wildman–Crippen MR) is 148 cm³/mol. The summed E-state index contributed by atoms with van der Waals surface area (Å²) in [6.07, 6.45) is 6.17. The van der Waals surface area contributed by atoms with Crippen LogP contribution in [0.3, 0.4) is 0 Å². The molecule has 11 nitrogen and oxygen atoms in total. The minimum absolute atomic E-state index is 0.0162. The van der Waals surface area contributed by atoms with Crippen molar-refractivity contribution in [1.29, 1.82) is 0 Å². The monoisotopic (exact) mass is 561 g/mol. The summed E-state index contributed by atoms with van der Waals surface area (Å²) in [4.78, 5) is 33.2. The topological polar surface area (TPSA) is 117 Å². The van der Waals surface area contributed by atoms with Gasteiger partial charge in [-0.2, -0.15) is 0 Å². The number of aromatic nitrogens is 5. The molecule has 0 aliphatic carbocycles. The Balaban J connectivity index is 1.22. The van der Waals surface area contributed by atoms with Crippen molar-refractivity contribution < 1.29 is 19.0 Å². The SMILES string of the molecule is CCOC(=O)c1csc([C@@H]2CCN(CCNCc3ccc4c(c3)OCO4)[C@H]2c2cc(C)nc(-n3ccnc3)n2)n1. The number of carbonyl (C=O) groups is 1. The molecule has 2 aliphatic rings. The fourth-order valence-corrected chi connectivity index (χ4v) is 6.20. The Labute approximate surface area is 236 Å². The van der Waals surface area contributed by atoms with Gasteiger partial charge in [0.25, 0.3) is 0 Å². The van der Waals surface area contributed by atoms with E-state index < -0.39 is 0 Å². The van der Waals surface area contributed by atoms with Gasteiger partial charge < -0.3 is 19.5 Å². The van der Waals surface area contributed by atoms with Crippen LogP contribution in [0.15, 0.2) is 48.4 Å². The van der Waals surface area contributed by atoms with E-state index in [1.165, 1.54) is 11.3 Å². The molecule has 208 valence electrons. The first-order valence-corrected chi connectivity index (χ1v) is 14.3. The largest absolute Gasteiger partial charge is 0.461 e. The van der Waals surface area contributed by atoms with E-state index in [-0.39, 0.29) is 24.7 Å². The number of carbonyl (C=O) groups excluding carboxylic acids is 1. The van der Waals surface area contributed by atoms with E-state index in [1.807, 2.05) is 29.8 Å². The molecule has 0 radical (unpaired) electrons. The molecule has 3 aromatic heterocycles. The molecule has 0 spiro atoms. The van der Waals surface area contributed by atoms with Crippen LogP contribution in [0, 0.1) is 6.92 Å². The molecule has 2 atom stereocenters. The molecule has 1 saturated heterocycles. The lowest BCUT2D eigenvalue weighted by atomic mass is 9.97. The molecule has 0 saturated carbocycles. The zero-order valence-corrected chi connectivity index (χ0v) is 23.3. The van der Waals surface area contributed by atoms with Gasteiger partial charge in [-0.25, -0.2) is 24.7 Å². The Morgan fingerprint density at radius 2 is 2.10 bits per heavy atom. The molecule has 5 heterocycles. The van der Waals surface area contributed by atoms with E-state index in [9.17, 15) is 4.79 Å². The number of ether oxygens (including phenoxy) is 3. The number of hydrogen-bond acceptors (Lipinski definition) is 11. The number of nitrogens with zero attached hydrogens (tertiary/aromatic N) is 6. The average Bonchev–Trinajstić information content (AvgIpc) is 3.77. The summed E-state index contributed by atoms with van der Waals surface area (Å²) >= 11 is 1.51. The molecule has 0 bridgehead atoms. The van der Waals surface area contributed by atoms with E-state index in [4.69, 9.17) is 24.2 Å². The molecule has 0 amide bonds. The number of nitrogens with one attached hydrogen (secondary N) is 1. The highest BCUT2D eigenvalue weighted by molar-refractivity contribution is 7.09. The van der Waals surface area contributed by atoms with Crippen LogP contribution >= 0.6 is 11.3 Å². The molecular weight excluding hydrogens is 530 g/mol. The van der Waals surface area contributed by atoms with E-state index in [1.54, 1.807) is 24.8 Å². The van der Waals surface area contributed by atoms with E-state index in [0.717, 1.165) is 66.1 Å². The number of imidazole rings is 1. The smallest absolute Gasteiger partial charge is 0.357 e. The van der Waals surface area contributed by atoms with Gasteiger partial charge in [-0.15, -0.1) is 11.3 Å². The molecule has 1 fully saturated rings. The van der Waals surface area contributed by atoms with E-state index >= 15 is 0 Å². The van der Waals surface area contributed by atoms with Crippen molar-refractivity contribution in [3.8, 4) is 17.4 Å². The lowest BCUT2D eigenvalue weighted by Gasteiger charge is -2.27. The Morgan fingerprint density at radius 3 is 2.95 bits per heavy atom. The fraction of sp³-hybridized carbons (Fsp3) is 0.393. The van der Waals surface area contributed by atoms with Gasteiger partial charge in [-0.05, 0) is 50.6 Å². The number of likely N-dealkylation sites (tertiary alicyclic amines) is 1. The maximum absolute atomic E-state index is 12.3. The number of aryl methyl sites for hydroxylation is 1. The Bertz CT molecular complexity index is 1480. The molecule has 40 heavy (non-hydrogen) atoms. The lowest BCUT2D eigenvalue weighted by molar-refractivity contribution is 0.0520. The highest BCUT2D eigenvalue weighted by Crippen LogP contribution is 2.44. The van der Waals surface area contributed by atoms with Gasteiger partial charge in [-0.3, -0.25) is 9.47 Å². The molecule has 12 heteroatoms. The summed E-state index contributed by atoms with van der Waals surface area (Å²) < 4.78 is 17.9. The predicted octanol–water partition coefficient (Wildman–Crippen LogP) is 3.65. The first-order valence-electron chi connectivity index (χ1n) is 13.4. The van der Waals surface area contributed by atoms with Crippen molar-refractivity contribution in [1.82, 2.24) is 34.7 Å². The van der Waals surface area contributed by atoms with Crippen molar-refractivity contribution >= 4 is 17.3 Å². The normalized spacial score (nSPS) is 18.4. The summed E-state index contributed by atoms with van der Waals surface area (Å²) in [7, 11) is 0. The summed E-state index contributed by atoms with van der Waals surface area (Å²) in [6, 6.07) is 8.07. The van der Waals surface area contributed by atoms with Crippen LogP contribution in [0.1, 0.15) is 57.8 Å². The number of fused-ring (bicyclic) bond motifs is 1. The molecular formula is C28H31N7O4S. The van der Waals surface area contributed by atoms with E-state index in [0.29, 0.717) is 18.2 Å². The van der Waals surface area contributed by atoms with Gasteiger partial charge in [0.1, 0.15) is 6.33 Å². The number of esters is 1. The van der Waals surface area contributed by atoms with Crippen molar-refractivity contribution in [2.75, 3.05) is 33.0 Å². The van der Waals surface area contributed by atoms with Gasteiger partial charge in [0.05, 0.1) is 23.4 Å². The van der Waals surface area contributed by atoms with Crippen LogP contribution in [-0.4, -0.2) is 68.4 Å². The second kappa shape index (κ2) is 11.7. The second-order valence-corrected chi connectivity index (χ2v) is 10.6. The van der Waals surface area contributed by atoms with Crippen LogP contribution in [0.25, 0.3) is 5.95 Å². The quantitative estimate of drug-likeness (QED) is 0.227. The summed E-state index contributed by atoms with van der Waals surface area (Å²) in [5.74, 6) is 1.88. The van der Waals surface area contributed by atoms with Gasteiger partial charge >= 0.3 is 5.97 Å². The lowest BCUT2D eigenvalue weighted by Crippen LogP contribution is -2.33. The van der Waals surface area contributed by atoms with Crippen molar-refractivity contribution in [3.63, 3.8) is 0 Å². The van der Waals surface area contributed by atoms with Crippen LogP contribution in [0.4, 0.5) is 0 Å². The number of hydrogen-bond donors (Lipinski definition) is 1. The Kier molecular flexibility index (Phi) is 7.71. The fourth-order valence-electron chi connectivity index (χ4n) is 5.24. The number of rotatable bonds is 10. The highest BCUT2D eigenvalue weighted by Gasteiger charge is 2.39. The third-order valence-electron chi connectivity index (χ3n) is 7.07. The molecule has 2 aliphatic heterocycles. The number of benzene rings is 1. The maximum Gasteiger partial charge on any atom is 0.357 e. The Morgan fingerprint density at radius 1 is 1.20 bits per heavy atom. The van der Waals surface area contributed by atoms with Crippen LogP contribution in [-0.2, 0) is 11.3 Å². The first-order chi connectivity index (χ1) is 19.6. The highest BCUT2D eigenvalue weighted by atomic mass is 32.1. The van der Waals surface area contributed by atoms with Crippen molar-refractivity contribution in [2.24, 2.45) is 0 Å². The molecule has 1 aromatic carbocycles. The van der Waals surface area contributed by atoms with Gasteiger partial charge in [0, 0.05) is 49.0 Å². The molecule has 4 aromatic rings. The summed E-state index contributed by atoms with van der Waals surface area (Å²) in [5.41, 5.74) is 3.32. The van der Waals surface area contributed by atoms with Gasteiger partial charge in [0.15, 0.2) is 17.2 Å². The minimum Gasteiger partial charge on any atom is -0.461 e. The minimum atomic E-state index is -0.385. The van der Waals surface area contributed by atoms with E-state index in [2.05, 4.69) is 32.3 Å². The van der Waals surface area contributed by atoms with Gasteiger partial charge in [-0.1, -0.05) is 6.07 Å². The second-order valence-electron chi connectivity index (χ2n) is 9.74. The maximum atomic E-state index is 12.3. The average molecular weight is 562 g/mol. The zero-order valence-electron chi connectivity index (χ0n) is 22.4. The van der Waals surface area contributed by atoms with Gasteiger partial charge in [0.2, 0.25) is 12.7 Å². The summed E-state index contributed by atoms with van der Waals surface area (Å²) in [5, 5.41) is 6.28. The molecule has 0 unspecified atom stereocenters. The third-order valence-corrected chi connectivity index (χ3v) is 8.04. The summed E-state index contributed by atoms with van der Waals surface area (Å²) in [6.45, 7) is 7.61. The van der Waals surface area contributed by atoms with Crippen molar-refractivity contribution in [3.05, 3.63) is 76.0 Å². The standard InChI is InChI=1S/C28H31N7O4S/c1-3-37-27(36)22-15-40-26(32-22)20-6-9-34(10-7-29-14-19-4-5-23-24(13-19)39-17-38-23)25(20)21-12-18(2)31-28(33-21)35-11-8-30-16-35/h4-5,8,11-13,15-16,20,25,29H,3,6-7,9-10,14,17H2,1-2H3/t20-,25-/m1/s1. The van der Waals surface area contributed by atoms with Crippen molar-refractivity contribution in [2.45, 2.75) is 38.8 Å². The van der Waals surface area contributed by atoms with Crippen LogP contribution in [0.2, 0.25) is 0 Å². The number of thiazole rings is 1. The third kappa shape index (κ3) is 5.55.